The number of benzene rings is 2. The number of likely N-dealkylation sites (N-methyl/N-ethyl adjacent to an activating group) is 2. The van der Waals surface area contributed by atoms with Crippen LogP contribution in [0.3, 0.4) is 0 Å². The summed E-state index contributed by atoms with van der Waals surface area (Å²) in [4.78, 5) is 14.2. The molecule has 1 atom stereocenters. The number of rotatable bonds is 4. The largest absolute Gasteiger partial charge is 0.507 e. The maximum atomic E-state index is 10.3. The minimum Gasteiger partial charge on any atom is -0.507 e. The van der Waals surface area contributed by atoms with E-state index < -0.39 is 0 Å². The van der Waals surface area contributed by atoms with Gasteiger partial charge in [0.05, 0.1) is 11.1 Å². The fourth-order valence-corrected chi connectivity index (χ4v) is 4.10. The highest BCUT2D eigenvalue weighted by molar-refractivity contribution is 6.31. The van der Waals surface area contributed by atoms with Gasteiger partial charge < -0.3 is 14.9 Å². The summed E-state index contributed by atoms with van der Waals surface area (Å²) in [6, 6.07) is 13.4. The van der Waals surface area contributed by atoms with Gasteiger partial charge in [-0.2, -0.15) is 0 Å². The first-order valence-electron chi connectivity index (χ1n) is 9.70. The Balaban J connectivity index is 1.78. The molecule has 6 heteroatoms. The molecule has 146 valence electrons. The Morgan fingerprint density at radius 1 is 1.18 bits per heavy atom. The topological polar surface area (TPSA) is 52.5 Å². The van der Waals surface area contributed by atoms with Crippen molar-refractivity contribution in [1.82, 2.24) is 14.9 Å². The van der Waals surface area contributed by atoms with E-state index in [2.05, 4.69) is 28.9 Å². The number of halogens is 1. The van der Waals surface area contributed by atoms with Gasteiger partial charge in [-0.05, 0) is 56.8 Å². The first kappa shape index (κ1) is 19.0. The predicted octanol–water partition coefficient (Wildman–Crippen LogP) is 4.58. The van der Waals surface area contributed by atoms with Crippen LogP contribution in [0.2, 0.25) is 5.02 Å². The number of piperidine rings is 1. The van der Waals surface area contributed by atoms with E-state index in [-0.39, 0.29) is 5.75 Å². The van der Waals surface area contributed by atoms with E-state index in [0.717, 1.165) is 29.8 Å². The maximum Gasteiger partial charge on any atom is 0.165 e. The average Bonchev–Trinajstić information content (AvgIpc) is 2.69. The number of fused-ring (bicyclic) bond motifs is 1. The molecule has 0 saturated carbocycles. The van der Waals surface area contributed by atoms with Crippen molar-refractivity contribution in [2.75, 3.05) is 32.1 Å². The third kappa shape index (κ3) is 3.77. The lowest BCUT2D eigenvalue weighted by atomic mass is 10.0. The summed E-state index contributed by atoms with van der Waals surface area (Å²) in [6.45, 7) is 2.03. The number of aromatic nitrogens is 2. The van der Waals surface area contributed by atoms with E-state index in [1.165, 1.54) is 19.3 Å². The van der Waals surface area contributed by atoms with Gasteiger partial charge in [-0.1, -0.05) is 30.2 Å². The normalized spacial score (nSPS) is 17.8. The molecule has 28 heavy (non-hydrogen) atoms. The van der Waals surface area contributed by atoms with Gasteiger partial charge in [-0.15, -0.1) is 0 Å². The molecule has 0 radical (unpaired) electrons. The van der Waals surface area contributed by atoms with Gasteiger partial charge in [-0.25, -0.2) is 9.97 Å². The van der Waals surface area contributed by atoms with Crippen LogP contribution in [-0.2, 0) is 0 Å². The first-order chi connectivity index (χ1) is 13.5. The summed E-state index contributed by atoms with van der Waals surface area (Å²) in [6.07, 6.45) is 3.73. The maximum absolute atomic E-state index is 10.3. The Morgan fingerprint density at radius 2 is 2.00 bits per heavy atom. The number of nitrogens with zero attached hydrogens (tertiary/aromatic N) is 4. The number of aromatic hydroxyl groups is 1. The first-order valence-corrected chi connectivity index (χ1v) is 10.1. The van der Waals surface area contributed by atoms with Crippen molar-refractivity contribution in [2.45, 2.75) is 25.3 Å². The second kappa shape index (κ2) is 7.94. The minimum atomic E-state index is 0.171. The van der Waals surface area contributed by atoms with Crippen LogP contribution in [0.4, 0.5) is 5.82 Å². The molecular weight excluding hydrogens is 372 g/mol. The molecule has 1 unspecified atom stereocenters. The summed E-state index contributed by atoms with van der Waals surface area (Å²) >= 11 is 6.22. The van der Waals surface area contributed by atoms with Crippen molar-refractivity contribution in [3.05, 3.63) is 47.5 Å². The Kier molecular flexibility index (Phi) is 5.38. The Bertz CT molecular complexity index is 993. The van der Waals surface area contributed by atoms with Gasteiger partial charge in [0.15, 0.2) is 5.82 Å². The molecule has 4 rings (SSSR count). The van der Waals surface area contributed by atoms with Crippen LogP contribution in [0.25, 0.3) is 22.3 Å². The molecule has 1 saturated heterocycles. The molecule has 0 spiro atoms. The number of likely N-dealkylation sites (tertiary alicyclic amines) is 1. The van der Waals surface area contributed by atoms with Crippen molar-refractivity contribution in [1.29, 1.82) is 0 Å². The third-order valence-corrected chi connectivity index (χ3v) is 5.79. The summed E-state index contributed by atoms with van der Waals surface area (Å²) in [5.74, 6) is 1.54. The van der Waals surface area contributed by atoms with Crippen LogP contribution in [0.5, 0.6) is 5.75 Å². The smallest absolute Gasteiger partial charge is 0.165 e. The van der Waals surface area contributed by atoms with E-state index >= 15 is 0 Å². The van der Waals surface area contributed by atoms with E-state index in [9.17, 15) is 5.11 Å². The van der Waals surface area contributed by atoms with E-state index in [4.69, 9.17) is 16.6 Å². The van der Waals surface area contributed by atoms with Gasteiger partial charge >= 0.3 is 0 Å². The zero-order valence-corrected chi connectivity index (χ0v) is 17.0. The lowest BCUT2D eigenvalue weighted by Gasteiger charge is -2.35. The summed E-state index contributed by atoms with van der Waals surface area (Å²) in [7, 11) is 4.27. The summed E-state index contributed by atoms with van der Waals surface area (Å²) in [5, 5.41) is 11.9. The van der Waals surface area contributed by atoms with E-state index in [1.54, 1.807) is 12.1 Å². The predicted molar refractivity (Wildman–Crippen MR) is 115 cm³/mol. The van der Waals surface area contributed by atoms with Gasteiger partial charge in [0, 0.05) is 30.0 Å². The van der Waals surface area contributed by atoms with E-state index in [0.29, 0.717) is 22.5 Å². The Morgan fingerprint density at radius 3 is 2.79 bits per heavy atom. The molecule has 1 aliphatic rings. The summed E-state index contributed by atoms with van der Waals surface area (Å²) < 4.78 is 0. The quantitative estimate of drug-likeness (QED) is 0.699. The van der Waals surface area contributed by atoms with Crippen LogP contribution >= 0.6 is 11.6 Å². The van der Waals surface area contributed by atoms with Crippen LogP contribution in [0.1, 0.15) is 19.3 Å². The standard InChI is InChI=1S/C22H25ClN4O/c1-26-12-6-5-7-16(26)14-27(2)22-17-11-10-15(23)13-19(17)24-21(25-22)18-8-3-4-9-20(18)28/h3-4,8-11,13,16,28H,5-7,12,14H2,1-2H3. The van der Waals surface area contributed by atoms with Crippen molar-refractivity contribution in [3.63, 3.8) is 0 Å². The molecule has 1 N–H and O–H groups in total. The molecule has 0 amide bonds. The number of anilines is 1. The van der Waals surface area contributed by atoms with Crippen molar-refractivity contribution in [2.24, 2.45) is 0 Å². The lowest BCUT2D eigenvalue weighted by molar-refractivity contribution is 0.189. The molecule has 0 aliphatic carbocycles. The Labute approximate surface area is 170 Å². The number of phenolic OH excluding ortho intramolecular Hbond substituents is 1. The molecule has 1 fully saturated rings. The van der Waals surface area contributed by atoms with Crippen LogP contribution in [-0.4, -0.2) is 53.2 Å². The number of hydrogen-bond acceptors (Lipinski definition) is 5. The fraction of sp³-hybridized carbons (Fsp3) is 0.364. The molecule has 5 nitrogen and oxygen atoms in total. The fourth-order valence-electron chi connectivity index (χ4n) is 3.94. The Hall–Kier alpha value is -2.37. The average molecular weight is 397 g/mol. The SMILES string of the molecule is CN(CC1CCCCN1C)c1nc(-c2ccccc2O)nc2cc(Cl)ccc12. The molecule has 2 heterocycles. The van der Waals surface area contributed by atoms with Crippen LogP contribution in [0.15, 0.2) is 42.5 Å². The van der Waals surface area contributed by atoms with Gasteiger partial charge in [0.2, 0.25) is 0 Å². The second-order valence-electron chi connectivity index (χ2n) is 7.56. The number of hydrogen-bond donors (Lipinski definition) is 1. The highest BCUT2D eigenvalue weighted by Crippen LogP contribution is 2.32. The zero-order chi connectivity index (χ0) is 19.7. The number of phenols is 1. The van der Waals surface area contributed by atoms with Crippen LogP contribution in [0, 0.1) is 0 Å². The van der Waals surface area contributed by atoms with Crippen molar-refractivity contribution < 1.29 is 5.11 Å². The van der Waals surface area contributed by atoms with Gasteiger partial charge in [-0.3, -0.25) is 0 Å². The molecule has 2 aromatic carbocycles. The van der Waals surface area contributed by atoms with Crippen LogP contribution < -0.4 is 4.90 Å². The second-order valence-corrected chi connectivity index (χ2v) is 8.00. The molecular formula is C22H25ClN4O. The molecule has 0 bridgehead atoms. The number of para-hydroxylation sites is 1. The molecule has 3 aromatic rings. The monoisotopic (exact) mass is 396 g/mol. The molecule has 1 aliphatic heterocycles. The van der Waals surface area contributed by atoms with Crippen molar-refractivity contribution >= 4 is 28.3 Å². The highest BCUT2D eigenvalue weighted by atomic mass is 35.5. The van der Waals surface area contributed by atoms with Gasteiger partial charge in [0.1, 0.15) is 11.6 Å². The zero-order valence-electron chi connectivity index (χ0n) is 16.3. The summed E-state index contributed by atoms with van der Waals surface area (Å²) in [5.41, 5.74) is 1.40. The third-order valence-electron chi connectivity index (χ3n) is 5.55. The van der Waals surface area contributed by atoms with Gasteiger partial charge in [0.25, 0.3) is 0 Å². The highest BCUT2D eigenvalue weighted by Gasteiger charge is 2.22. The lowest BCUT2D eigenvalue weighted by Crippen LogP contribution is -2.44. The van der Waals surface area contributed by atoms with Crippen molar-refractivity contribution in [3.8, 4) is 17.1 Å². The minimum absolute atomic E-state index is 0.171. The van der Waals surface area contributed by atoms with E-state index in [1.807, 2.05) is 30.3 Å². The molecule has 1 aromatic heterocycles.